The lowest BCUT2D eigenvalue weighted by Crippen LogP contribution is -2.27. The molecule has 0 heterocycles. The van der Waals surface area contributed by atoms with Crippen LogP contribution in [0.4, 0.5) is 0 Å². The fraction of sp³-hybridized carbons (Fsp3) is 0.909. The number of rotatable bonds is 7. The zero-order chi connectivity index (χ0) is 11.1. The van der Waals surface area contributed by atoms with E-state index >= 15 is 0 Å². The van der Waals surface area contributed by atoms with Crippen molar-refractivity contribution in [3.8, 4) is 0 Å². The second-order valence-corrected chi connectivity index (χ2v) is 4.31. The molecular formula is C11H23NO2. The van der Waals surface area contributed by atoms with Crippen LogP contribution in [0.3, 0.4) is 0 Å². The monoisotopic (exact) mass is 201 g/mol. The van der Waals surface area contributed by atoms with E-state index in [9.17, 15) is 4.79 Å². The number of carboxylic acid groups (broad SMARTS) is 1. The summed E-state index contributed by atoms with van der Waals surface area (Å²) in [5.74, 6) is -0.874. The van der Waals surface area contributed by atoms with Gasteiger partial charge in [0.25, 0.3) is 0 Å². The van der Waals surface area contributed by atoms with Crippen LogP contribution in [0, 0.1) is 5.92 Å². The topological polar surface area (TPSA) is 40.5 Å². The number of carbonyl (C=O) groups is 1. The Morgan fingerprint density at radius 1 is 1.29 bits per heavy atom. The van der Waals surface area contributed by atoms with Gasteiger partial charge < -0.3 is 10.0 Å². The van der Waals surface area contributed by atoms with E-state index in [1.54, 1.807) is 6.92 Å². The average molecular weight is 201 g/mol. The summed E-state index contributed by atoms with van der Waals surface area (Å²) in [6.07, 6.45) is 2.89. The molecule has 0 saturated carbocycles. The van der Waals surface area contributed by atoms with Crippen LogP contribution in [0.15, 0.2) is 0 Å². The van der Waals surface area contributed by atoms with E-state index < -0.39 is 5.97 Å². The maximum atomic E-state index is 10.5. The third-order valence-corrected chi connectivity index (χ3v) is 2.70. The number of hydrogen-bond donors (Lipinski definition) is 1. The Balaban J connectivity index is 3.42. The molecule has 14 heavy (non-hydrogen) atoms. The molecule has 0 radical (unpaired) electrons. The quantitative estimate of drug-likeness (QED) is 0.642. The van der Waals surface area contributed by atoms with Gasteiger partial charge in [0, 0.05) is 6.04 Å². The third kappa shape index (κ3) is 5.97. The smallest absolute Gasteiger partial charge is 0.306 e. The van der Waals surface area contributed by atoms with Crippen LogP contribution >= 0.6 is 0 Å². The molecule has 0 fully saturated rings. The molecular weight excluding hydrogens is 178 g/mol. The van der Waals surface area contributed by atoms with Crippen LogP contribution < -0.4 is 0 Å². The number of nitrogens with zero attached hydrogens (tertiary/aromatic N) is 1. The molecule has 0 aromatic rings. The minimum absolute atomic E-state index is 0.195. The molecule has 1 N–H and O–H groups in total. The van der Waals surface area contributed by atoms with Crippen molar-refractivity contribution < 1.29 is 9.90 Å². The molecule has 0 aromatic heterocycles. The van der Waals surface area contributed by atoms with Crippen LogP contribution in [0.1, 0.15) is 40.0 Å². The lowest BCUT2D eigenvalue weighted by Gasteiger charge is -2.20. The molecule has 3 nitrogen and oxygen atoms in total. The number of hydrogen-bond acceptors (Lipinski definition) is 2. The van der Waals surface area contributed by atoms with E-state index in [4.69, 9.17) is 5.11 Å². The van der Waals surface area contributed by atoms with Gasteiger partial charge in [0.15, 0.2) is 0 Å². The predicted molar refractivity (Wildman–Crippen MR) is 58.4 cm³/mol. The molecule has 0 aromatic carbocycles. The molecule has 84 valence electrons. The first kappa shape index (κ1) is 13.4. The lowest BCUT2D eigenvalue weighted by atomic mass is 10.0. The Bertz CT molecular complexity index is 169. The number of aliphatic carboxylic acids is 1. The molecule has 0 aliphatic rings. The molecule has 1 atom stereocenters. The Morgan fingerprint density at radius 3 is 2.29 bits per heavy atom. The van der Waals surface area contributed by atoms with Crippen molar-refractivity contribution in [1.82, 2.24) is 4.90 Å². The molecule has 0 spiro atoms. The second-order valence-electron chi connectivity index (χ2n) is 4.31. The Morgan fingerprint density at radius 2 is 1.86 bits per heavy atom. The summed E-state index contributed by atoms with van der Waals surface area (Å²) in [6, 6.07) is 0.576. The Labute approximate surface area is 87.1 Å². The molecule has 0 bridgehead atoms. The summed E-state index contributed by atoms with van der Waals surface area (Å²) < 4.78 is 0. The van der Waals surface area contributed by atoms with E-state index in [-0.39, 0.29) is 5.92 Å². The van der Waals surface area contributed by atoms with Crippen LogP contribution in [-0.4, -0.2) is 35.6 Å². The molecule has 0 saturated heterocycles. The van der Waals surface area contributed by atoms with Gasteiger partial charge in [-0.25, -0.2) is 0 Å². The summed E-state index contributed by atoms with van der Waals surface area (Å²) in [5.41, 5.74) is 0. The fourth-order valence-corrected chi connectivity index (χ4v) is 1.19. The van der Waals surface area contributed by atoms with Crippen molar-refractivity contribution in [3.63, 3.8) is 0 Å². The van der Waals surface area contributed by atoms with E-state index in [0.29, 0.717) is 6.04 Å². The van der Waals surface area contributed by atoms with Gasteiger partial charge >= 0.3 is 5.97 Å². The fourth-order valence-electron chi connectivity index (χ4n) is 1.19. The lowest BCUT2D eigenvalue weighted by molar-refractivity contribution is -0.141. The van der Waals surface area contributed by atoms with Gasteiger partial charge in [-0.05, 0) is 40.3 Å². The van der Waals surface area contributed by atoms with Crippen molar-refractivity contribution in [2.24, 2.45) is 5.92 Å². The van der Waals surface area contributed by atoms with Gasteiger partial charge in [-0.15, -0.1) is 0 Å². The van der Waals surface area contributed by atoms with Gasteiger partial charge in [-0.3, -0.25) is 4.79 Å². The Kier molecular flexibility index (Phi) is 6.54. The molecule has 0 rings (SSSR count). The van der Waals surface area contributed by atoms with Crippen LogP contribution in [0.2, 0.25) is 0 Å². The zero-order valence-electron chi connectivity index (χ0n) is 9.79. The van der Waals surface area contributed by atoms with Crippen molar-refractivity contribution in [2.75, 3.05) is 13.6 Å². The maximum Gasteiger partial charge on any atom is 0.306 e. The van der Waals surface area contributed by atoms with Gasteiger partial charge in [-0.1, -0.05) is 13.3 Å². The van der Waals surface area contributed by atoms with Gasteiger partial charge in [-0.2, -0.15) is 0 Å². The zero-order valence-corrected chi connectivity index (χ0v) is 9.79. The van der Waals surface area contributed by atoms with Crippen molar-refractivity contribution in [3.05, 3.63) is 0 Å². The van der Waals surface area contributed by atoms with Crippen molar-refractivity contribution in [2.45, 2.75) is 46.1 Å². The highest BCUT2D eigenvalue weighted by atomic mass is 16.4. The number of carboxylic acids is 1. The maximum absolute atomic E-state index is 10.5. The van der Waals surface area contributed by atoms with Crippen LogP contribution in [0.25, 0.3) is 0 Å². The van der Waals surface area contributed by atoms with Gasteiger partial charge in [0.2, 0.25) is 0 Å². The largest absolute Gasteiger partial charge is 0.481 e. The third-order valence-electron chi connectivity index (χ3n) is 2.70. The van der Waals surface area contributed by atoms with Gasteiger partial charge in [0.1, 0.15) is 0 Å². The molecule has 0 aliphatic heterocycles. The van der Waals surface area contributed by atoms with Crippen LogP contribution in [-0.2, 0) is 4.79 Å². The van der Waals surface area contributed by atoms with E-state index in [0.717, 1.165) is 25.8 Å². The summed E-state index contributed by atoms with van der Waals surface area (Å²) in [7, 11) is 2.10. The Hall–Kier alpha value is -0.570. The van der Waals surface area contributed by atoms with E-state index in [2.05, 4.69) is 25.8 Å². The molecule has 0 aliphatic carbocycles. The van der Waals surface area contributed by atoms with Crippen molar-refractivity contribution >= 4 is 5.97 Å². The first-order valence-corrected chi connectivity index (χ1v) is 5.38. The minimum atomic E-state index is -0.679. The molecule has 0 amide bonds. The van der Waals surface area contributed by atoms with E-state index in [1.165, 1.54) is 0 Å². The minimum Gasteiger partial charge on any atom is -0.481 e. The highest BCUT2D eigenvalue weighted by molar-refractivity contribution is 5.69. The first-order chi connectivity index (χ1) is 6.45. The predicted octanol–water partition coefficient (Wildman–Crippen LogP) is 2.22. The highest BCUT2D eigenvalue weighted by Crippen LogP contribution is 2.08. The normalized spacial score (nSPS) is 13.6. The summed E-state index contributed by atoms with van der Waals surface area (Å²) >= 11 is 0. The second kappa shape index (κ2) is 6.82. The first-order valence-electron chi connectivity index (χ1n) is 5.38. The summed E-state index contributed by atoms with van der Waals surface area (Å²) in [6.45, 7) is 7.16. The van der Waals surface area contributed by atoms with Gasteiger partial charge in [0.05, 0.1) is 5.92 Å². The molecule has 1 unspecified atom stereocenters. The standard InChI is InChI=1S/C11H23NO2/c1-9(2)12(4)8-6-5-7-10(3)11(13)14/h9-10H,5-8H2,1-4H3,(H,13,14). The van der Waals surface area contributed by atoms with E-state index in [1.807, 2.05) is 0 Å². The van der Waals surface area contributed by atoms with Crippen molar-refractivity contribution in [1.29, 1.82) is 0 Å². The number of unbranched alkanes of at least 4 members (excludes halogenated alkanes) is 1. The molecule has 3 heteroatoms. The van der Waals surface area contributed by atoms with Crippen LogP contribution in [0.5, 0.6) is 0 Å². The average Bonchev–Trinajstić information content (AvgIpc) is 2.11. The highest BCUT2D eigenvalue weighted by Gasteiger charge is 2.10. The SMILES string of the molecule is CC(CCCCN(C)C(C)C)C(=O)O. The summed E-state index contributed by atoms with van der Waals surface area (Å²) in [4.78, 5) is 12.8. The summed E-state index contributed by atoms with van der Waals surface area (Å²) in [5, 5.41) is 8.67.